The highest BCUT2D eigenvalue weighted by Gasteiger charge is 2.03. The number of carbonyl (C=O) groups is 1. The quantitative estimate of drug-likeness (QED) is 0.566. The molecule has 0 bridgehead atoms. The van der Waals surface area contributed by atoms with E-state index >= 15 is 0 Å². The average molecular weight is 147 g/mol. The van der Waals surface area contributed by atoms with Crippen molar-refractivity contribution in [2.24, 2.45) is 5.73 Å². The lowest BCUT2D eigenvalue weighted by Gasteiger charge is -2.06. The lowest BCUT2D eigenvalue weighted by Crippen LogP contribution is -2.26. The zero-order valence-electron chi connectivity index (χ0n) is 6.04. The number of aliphatic carboxylic acids is 1. The van der Waals surface area contributed by atoms with E-state index in [0.717, 1.165) is 0 Å². The van der Waals surface area contributed by atoms with Crippen LogP contribution >= 0.6 is 0 Å². The van der Waals surface area contributed by atoms with E-state index in [2.05, 4.69) is 0 Å². The molecule has 4 nitrogen and oxygen atoms in total. The topological polar surface area (TPSA) is 72.5 Å². The van der Waals surface area contributed by atoms with Crippen LogP contribution in [0, 0.1) is 0 Å². The van der Waals surface area contributed by atoms with E-state index in [9.17, 15) is 4.79 Å². The highest BCUT2D eigenvalue weighted by molar-refractivity contribution is 5.66. The number of carboxylic acids is 1. The van der Waals surface area contributed by atoms with Gasteiger partial charge < -0.3 is 15.6 Å². The van der Waals surface area contributed by atoms with Crippen LogP contribution in [-0.2, 0) is 9.53 Å². The number of hydrogen-bond acceptors (Lipinski definition) is 3. The molecule has 0 heterocycles. The Kier molecular flexibility index (Phi) is 4.88. The second-order valence-electron chi connectivity index (χ2n) is 2.15. The van der Waals surface area contributed by atoms with Crippen molar-refractivity contribution in [3.63, 3.8) is 0 Å². The lowest BCUT2D eigenvalue weighted by molar-refractivity contribution is -0.137. The van der Waals surface area contributed by atoms with E-state index in [1.807, 2.05) is 0 Å². The van der Waals surface area contributed by atoms with Crippen molar-refractivity contribution >= 4 is 5.97 Å². The molecule has 0 aromatic rings. The monoisotopic (exact) mass is 147 g/mol. The summed E-state index contributed by atoms with van der Waals surface area (Å²) in [5.74, 6) is -0.813. The van der Waals surface area contributed by atoms with Gasteiger partial charge in [0, 0.05) is 19.6 Å². The van der Waals surface area contributed by atoms with E-state index in [0.29, 0.717) is 13.0 Å². The van der Waals surface area contributed by atoms with Crippen molar-refractivity contribution in [1.29, 1.82) is 0 Å². The predicted octanol–water partition coefficient (Wildman–Crippen LogP) is -0.175. The highest BCUT2D eigenvalue weighted by atomic mass is 16.5. The minimum atomic E-state index is -0.813. The van der Waals surface area contributed by atoms with Crippen molar-refractivity contribution in [1.82, 2.24) is 0 Å². The first-order valence-electron chi connectivity index (χ1n) is 3.13. The maximum atomic E-state index is 10.0. The van der Waals surface area contributed by atoms with Crippen molar-refractivity contribution in [2.75, 3.05) is 13.7 Å². The molecule has 0 amide bonds. The summed E-state index contributed by atoms with van der Waals surface area (Å²) in [5, 5.41) is 8.23. The van der Waals surface area contributed by atoms with Gasteiger partial charge >= 0.3 is 5.97 Å². The van der Waals surface area contributed by atoms with Crippen LogP contribution in [0.15, 0.2) is 0 Å². The Morgan fingerprint density at radius 1 is 1.80 bits per heavy atom. The molecule has 1 atom stereocenters. The Bertz CT molecular complexity index is 105. The molecule has 0 spiro atoms. The van der Waals surface area contributed by atoms with E-state index in [-0.39, 0.29) is 12.5 Å². The van der Waals surface area contributed by atoms with E-state index in [1.54, 1.807) is 7.11 Å². The Balaban J connectivity index is 3.21. The van der Waals surface area contributed by atoms with E-state index in [1.165, 1.54) is 0 Å². The molecule has 0 aliphatic heterocycles. The van der Waals surface area contributed by atoms with Gasteiger partial charge in [-0.05, 0) is 6.42 Å². The summed E-state index contributed by atoms with van der Waals surface area (Å²) in [7, 11) is 1.54. The van der Waals surface area contributed by atoms with Crippen molar-refractivity contribution in [3.05, 3.63) is 0 Å². The van der Waals surface area contributed by atoms with Crippen LogP contribution in [0.4, 0.5) is 0 Å². The predicted molar refractivity (Wildman–Crippen MR) is 36.7 cm³/mol. The smallest absolute Gasteiger partial charge is 0.303 e. The number of methoxy groups -OCH3 is 1. The maximum Gasteiger partial charge on any atom is 0.303 e. The summed E-state index contributed by atoms with van der Waals surface area (Å²) < 4.78 is 4.72. The molecule has 0 rings (SSSR count). The Morgan fingerprint density at radius 2 is 2.40 bits per heavy atom. The standard InChI is InChI=1S/C6H13NO3/c1-10-4-5(7)2-3-6(8)9/h5H,2-4,7H2,1H3,(H,8,9). The van der Waals surface area contributed by atoms with Gasteiger partial charge in [-0.15, -0.1) is 0 Å². The Hall–Kier alpha value is -0.610. The zero-order chi connectivity index (χ0) is 7.98. The lowest BCUT2D eigenvalue weighted by atomic mass is 10.2. The molecule has 60 valence electrons. The summed E-state index contributed by atoms with van der Waals surface area (Å²) in [6, 6.07) is -0.152. The second kappa shape index (κ2) is 5.20. The first-order chi connectivity index (χ1) is 4.66. The molecule has 4 heteroatoms. The summed E-state index contributed by atoms with van der Waals surface area (Å²) >= 11 is 0. The van der Waals surface area contributed by atoms with Gasteiger partial charge in [0.05, 0.1) is 6.61 Å². The van der Waals surface area contributed by atoms with Gasteiger partial charge in [-0.1, -0.05) is 0 Å². The third kappa shape index (κ3) is 5.53. The summed E-state index contributed by atoms with van der Waals surface area (Å²) in [5.41, 5.74) is 5.44. The number of ether oxygens (including phenoxy) is 1. The van der Waals surface area contributed by atoms with Crippen molar-refractivity contribution in [2.45, 2.75) is 18.9 Å². The minimum absolute atomic E-state index is 0.116. The molecule has 0 radical (unpaired) electrons. The number of nitrogens with two attached hydrogens (primary N) is 1. The summed E-state index contributed by atoms with van der Waals surface area (Å²) in [6.07, 6.45) is 0.591. The fourth-order valence-corrected chi connectivity index (χ4v) is 0.606. The Morgan fingerprint density at radius 3 is 2.80 bits per heavy atom. The van der Waals surface area contributed by atoms with Crippen LogP contribution in [-0.4, -0.2) is 30.8 Å². The largest absolute Gasteiger partial charge is 0.481 e. The first kappa shape index (κ1) is 9.39. The molecule has 0 saturated carbocycles. The maximum absolute atomic E-state index is 10.0. The van der Waals surface area contributed by atoms with E-state index < -0.39 is 5.97 Å². The van der Waals surface area contributed by atoms with Gasteiger partial charge in [-0.2, -0.15) is 0 Å². The van der Waals surface area contributed by atoms with Crippen LogP contribution < -0.4 is 5.73 Å². The molecule has 3 N–H and O–H groups in total. The van der Waals surface area contributed by atoms with Crippen molar-refractivity contribution < 1.29 is 14.6 Å². The fourth-order valence-electron chi connectivity index (χ4n) is 0.606. The summed E-state index contributed by atoms with van der Waals surface area (Å²) in [4.78, 5) is 10.0. The zero-order valence-corrected chi connectivity index (χ0v) is 6.04. The third-order valence-corrected chi connectivity index (χ3v) is 1.11. The molecular weight excluding hydrogens is 134 g/mol. The number of hydrogen-bond donors (Lipinski definition) is 2. The second-order valence-corrected chi connectivity index (χ2v) is 2.15. The van der Waals surface area contributed by atoms with Crippen LogP contribution in [0.3, 0.4) is 0 Å². The molecule has 0 fully saturated rings. The SMILES string of the molecule is COCC(N)CCC(=O)O. The van der Waals surface area contributed by atoms with Gasteiger partial charge in [-0.25, -0.2) is 0 Å². The minimum Gasteiger partial charge on any atom is -0.481 e. The van der Waals surface area contributed by atoms with Crippen LogP contribution in [0.2, 0.25) is 0 Å². The first-order valence-corrected chi connectivity index (χ1v) is 3.13. The van der Waals surface area contributed by atoms with Gasteiger partial charge in [0.1, 0.15) is 0 Å². The van der Waals surface area contributed by atoms with Crippen molar-refractivity contribution in [3.8, 4) is 0 Å². The summed E-state index contributed by atoms with van der Waals surface area (Å²) in [6.45, 7) is 0.424. The van der Waals surface area contributed by atoms with Crippen LogP contribution in [0.25, 0.3) is 0 Å². The number of carboxylic acid groups (broad SMARTS) is 1. The molecule has 0 aromatic carbocycles. The van der Waals surface area contributed by atoms with Gasteiger partial charge in [0.15, 0.2) is 0 Å². The molecule has 0 aliphatic carbocycles. The van der Waals surface area contributed by atoms with Gasteiger partial charge in [0.25, 0.3) is 0 Å². The molecule has 0 aromatic heterocycles. The normalized spacial score (nSPS) is 13.0. The fraction of sp³-hybridized carbons (Fsp3) is 0.833. The molecular formula is C6H13NO3. The third-order valence-electron chi connectivity index (χ3n) is 1.11. The highest BCUT2D eigenvalue weighted by Crippen LogP contribution is 1.93. The Labute approximate surface area is 60.0 Å². The molecule has 10 heavy (non-hydrogen) atoms. The molecule has 0 saturated heterocycles. The molecule has 1 unspecified atom stereocenters. The van der Waals surface area contributed by atoms with E-state index in [4.69, 9.17) is 15.6 Å². The average Bonchev–Trinajstić information content (AvgIpc) is 1.85. The van der Waals surface area contributed by atoms with Gasteiger partial charge in [-0.3, -0.25) is 4.79 Å². The van der Waals surface area contributed by atoms with Crippen LogP contribution in [0.5, 0.6) is 0 Å². The number of rotatable bonds is 5. The van der Waals surface area contributed by atoms with Crippen LogP contribution in [0.1, 0.15) is 12.8 Å². The van der Waals surface area contributed by atoms with Gasteiger partial charge in [0.2, 0.25) is 0 Å². The molecule has 0 aliphatic rings.